The molecule has 1 heteroatoms. The molecule has 0 aliphatic rings. The smallest absolute Gasteiger partial charge is 0.0340 e. The molecule has 0 unspecified atom stereocenters. The summed E-state index contributed by atoms with van der Waals surface area (Å²) in [6.45, 7) is 2.14. The standard InChI is InChI=1S/C14H15N/c1-11-10-13(15-2)8-9-14(11)12-6-4-3-5-7-12/h3-10,15H,1-2H3. The normalized spacial score (nSPS) is 10.0. The quantitative estimate of drug-likeness (QED) is 0.774. The van der Waals surface area contributed by atoms with Gasteiger partial charge in [0.2, 0.25) is 0 Å². The zero-order chi connectivity index (χ0) is 10.7. The molecule has 2 rings (SSSR count). The summed E-state index contributed by atoms with van der Waals surface area (Å²) in [7, 11) is 1.94. The van der Waals surface area contributed by atoms with Gasteiger partial charge in [-0.2, -0.15) is 0 Å². The highest BCUT2D eigenvalue weighted by Gasteiger charge is 2.01. The minimum absolute atomic E-state index is 1.16. The number of anilines is 1. The first-order valence-corrected chi connectivity index (χ1v) is 5.15. The van der Waals surface area contributed by atoms with Crippen LogP contribution < -0.4 is 5.32 Å². The van der Waals surface area contributed by atoms with Crippen LogP contribution in [0, 0.1) is 6.92 Å². The van der Waals surface area contributed by atoms with Crippen LogP contribution in [0.2, 0.25) is 0 Å². The summed E-state index contributed by atoms with van der Waals surface area (Å²) in [6.07, 6.45) is 0. The van der Waals surface area contributed by atoms with Crippen molar-refractivity contribution in [1.29, 1.82) is 0 Å². The Balaban J connectivity index is 2.46. The van der Waals surface area contributed by atoms with E-state index in [-0.39, 0.29) is 0 Å². The van der Waals surface area contributed by atoms with Crippen molar-refractivity contribution in [3.8, 4) is 11.1 Å². The van der Waals surface area contributed by atoms with Gasteiger partial charge in [0.05, 0.1) is 0 Å². The minimum Gasteiger partial charge on any atom is -0.388 e. The van der Waals surface area contributed by atoms with Crippen molar-refractivity contribution in [2.24, 2.45) is 0 Å². The fourth-order valence-electron chi connectivity index (χ4n) is 1.76. The third-order valence-electron chi connectivity index (χ3n) is 2.60. The molecule has 0 saturated carbocycles. The van der Waals surface area contributed by atoms with Gasteiger partial charge < -0.3 is 5.32 Å². The second-order valence-corrected chi connectivity index (χ2v) is 3.65. The molecule has 0 fully saturated rings. The van der Waals surface area contributed by atoms with Crippen LogP contribution in [0.1, 0.15) is 5.56 Å². The Hall–Kier alpha value is -1.76. The van der Waals surface area contributed by atoms with Crippen LogP contribution in [0.15, 0.2) is 48.5 Å². The van der Waals surface area contributed by atoms with Crippen LogP contribution in [0.25, 0.3) is 11.1 Å². The number of nitrogens with one attached hydrogen (secondary N) is 1. The Bertz CT molecular complexity index is 446. The number of hydrogen-bond donors (Lipinski definition) is 1. The van der Waals surface area contributed by atoms with Gasteiger partial charge in [-0.1, -0.05) is 36.4 Å². The molecule has 0 aliphatic heterocycles. The Labute approximate surface area is 90.8 Å². The average molecular weight is 197 g/mol. The van der Waals surface area contributed by atoms with E-state index in [9.17, 15) is 0 Å². The number of hydrogen-bond acceptors (Lipinski definition) is 1. The Kier molecular flexibility index (Phi) is 2.72. The lowest BCUT2D eigenvalue weighted by Crippen LogP contribution is -1.90. The predicted octanol–water partition coefficient (Wildman–Crippen LogP) is 3.70. The first kappa shape index (κ1) is 9.78. The summed E-state index contributed by atoms with van der Waals surface area (Å²) in [5, 5.41) is 3.15. The van der Waals surface area contributed by atoms with E-state index in [1.807, 2.05) is 13.1 Å². The third kappa shape index (κ3) is 2.01. The lowest BCUT2D eigenvalue weighted by Gasteiger charge is -2.08. The van der Waals surface area contributed by atoms with E-state index >= 15 is 0 Å². The van der Waals surface area contributed by atoms with Crippen molar-refractivity contribution in [1.82, 2.24) is 0 Å². The van der Waals surface area contributed by atoms with Gasteiger partial charge in [-0.15, -0.1) is 0 Å². The molecule has 0 radical (unpaired) electrons. The summed E-state index contributed by atoms with van der Waals surface area (Å²) in [4.78, 5) is 0. The van der Waals surface area contributed by atoms with E-state index in [0.29, 0.717) is 0 Å². The van der Waals surface area contributed by atoms with Crippen molar-refractivity contribution >= 4 is 5.69 Å². The van der Waals surface area contributed by atoms with Crippen LogP contribution in [-0.2, 0) is 0 Å². The van der Waals surface area contributed by atoms with Gasteiger partial charge in [0.15, 0.2) is 0 Å². The highest BCUT2D eigenvalue weighted by atomic mass is 14.8. The molecule has 0 aromatic heterocycles. The Morgan fingerprint density at radius 1 is 0.933 bits per heavy atom. The van der Waals surface area contributed by atoms with Gasteiger partial charge in [-0.25, -0.2) is 0 Å². The lowest BCUT2D eigenvalue weighted by molar-refractivity contribution is 1.42. The van der Waals surface area contributed by atoms with E-state index < -0.39 is 0 Å². The lowest BCUT2D eigenvalue weighted by atomic mass is 10.0. The molecule has 0 spiro atoms. The maximum absolute atomic E-state index is 3.15. The molecule has 2 aromatic carbocycles. The minimum atomic E-state index is 1.16. The van der Waals surface area contributed by atoms with Gasteiger partial charge in [-0.05, 0) is 35.7 Å². The molecular formula is C14H15N. The zero-order valence-electron chi connectivity index (χ0n) is 9.12. The average Bonchev–Trinajstić information content (AvgIpc) is 2.30. The predicted molar refractivity (Wildman–Crippen MR) is 66.2 cm³/mol. The van der Waals surface area contributed by atoms with Crippen molar-refractivity contribution in [2.75, 3.05) is 12.4 Å². The molecular weight excluding hydrogens is 182 g/mol. The molecule has 2 aromatic rings. The third-order valence-corrected chi connectivity index (χ3v) is 2.60. The van der Waals surface area contributed by atoms with Crippen LogP contribution >= 0.6 is 0 Å². The molecule has 0 amide bonds. The molecule has 1 nitrogen and oxygen atoms in total. The van der Waals surface area contributed by atoms with Gasteiger partial charge in [-0.3, -0.25) is 0 Å². The molecule has 0 aliphatic carbocycles. The maximum atomic E-state index is 3.15. The molecule has 1 N–H and O–H groups in total. The van der Waals surface area contributed by atoms with Crippen LogP contribution in [0.5, 0.6) is 0 Å². The maximum Gasteiger partial charge on any atom is 0.0340 e. The summed E-state index contributed by atoms with van der Waals surface area (Å²) >= 11 is 0. The second kappa shape index (κ2) is 4.18. The van der Waals surface area contributed by atoms with E-state index in [1.54, 1.807) is 0 Å². The molecule has 0 saturated heterocycles. The highest BCUT2D eigenvalue weighted by molar-refractivity contribution is 5.69. The monoisotopic (exact) mass is 197 g/mol. The Morgan fingerprint density at radius 2 is 1.67 bits per heavy atom. The van der Waals surface area contributed by atoms with Crippen molar-refractivity contribution in [3.05, 3.63) is 54.1 Å². The van der Waals surface area contributed by atoms with Gasteiger partial charge >= 0.3 is 0 Å². The van der Waals surface area contributed by atoms with Crippen molar-refractivity contribution < 1.29 is 0 Å². The summed E-state index contributed by atoms with van der Waals surface area (Å²) in [5.41, 5.74) is 5.03. The summed E-state index contributed by atoms with van der Waals surface area (Å²) in [6, 6.07) is 16.9. The van der Waals surface area contributed by atoms with Gasteiger partial charge in [0.1, 0.15) is 0 Å². The summed E-state index contributed by atoms with van der Waals surface area (Å²) < 4.78 is 0. The fourth-order valence-corrected chi connectivity index (χ4v) is 1.76. The second-order valence-electron chi connectivity index (χ2n) is 3.65. The molecule has 0 bridgehead atoms. The van der Waals surface area contributed by atoms with Crippen LogP contribution in [-0.4, -0.2) is 7.05 Å². The Morgan fingerprint density at radius 3 is 2.27 bits per heavy atom. The first-order chi connectivity index (χ1) is 7.31. The summed E-state index contributed by atoms with van der Waals surface area (Å²) in [5.74, 6) is 0. The van der Waals surface area contributed by atoms with Crippen LogP contribution in [0.4, 0.5) is 5.69 Å². The molecule has 0 heterocycles. The topological polar surface area (TPSA) is 12.0 Å². The molecule has 15 heavy (non-hydrogen) atoms. The number of benzene rings is 2. The zero-order valence-corrected chi connectivity index (χ0v) is 9.12. The SMILES string of the molecule is CNc1ccc(-c2ccccc2)c(C)c1. The first-order valence-electron chi connectivity index (χ1n) is 5.15. The molecule has 0 atom stereocenters. The van der Waals surface area contributed by atoms with E-state index in [0.717, 1.165) is 5.69 Å². The highest BCUT2D eigenvalue weighted by Crippen LogP contribution is 2.25. The van der Waals surface area contributed by atoms with E-state index in [4.69, 9.17) is 0 Å². The molecule has 76 valence electrons. The van der Waals surface area contributed by atoms with Crippen LogP contribution in [0.3, 0.4) is 0 Å². The number of aryl methyl sites for hydroxylation is 1. The van der Waals surface area contributed by atoms with Crippen molar-refractivity contribution in [3.63, 3.8) is 0 Å². The van der Waals surface area contributed by atoms with Gasteiger partial charge in [0, 0.05) is 12.7 Å². The van der Waals surface area contributed by atoms with Gasteiger partial charge in [0.25, 0.3) is 0 Å². The largest absolute Gasteiger partial charge is 0.388 e. The fraction of sp³-hybridized carbons (Fsp3) is 0.143. The van der Waals surface area contributed by atoms with Crippen molar-refractivity contribution in [2.45, 2.75) is 6.92 Å². The van der Waals surface area contributed by atoms with E-state index in [2.05, 4.69) is 54.7 Å². The van der Waals surface area contributed by atoms with E-state index in [1.165, 1.54) is 16.7 Å². The number of rotatable bonds is 2.